The molecule has 0 amide bonds. The van der Waals surface area contributed by atoms with Crippen LogP contribution in [0.4, 0.5) is 39.0 Å². The molecule has 0 aliphatic rings. The van der Waals surface area contributed by atoms with Gasteiger partial charge in [0, 0.05) is 6.07 Å². The molecule has 0 aliphatic heterocycles. The zero-order valence-corrected chi connectivity index (χ0v) is 9.96. The van der Waals surface area contributed by atoms with Gasteiger partial charge in [-0.1, -0.05) is 12.1 Å². The summed E-state index contributed by atoms with van der Waals surface area (Å²) < 4.78 is 65.9. The summed E-state index contributed by atoms with van der Waals surface area (Å²) in [6.45, 7) is 0. The predicted octanol–water partition coefficient (Wildman–Crippen LogP) is 4.03. The first-order valence-electron chi connectivity index (χ1n) is 5.36. The number of nitrogens with zero attached hydrogens (tertiary/aromatic N) is 1. The maximum atomic E-state index is 13.5. The van der Waals surface area contributed by atoms with E-state index < -0.39 is 51.1 Å². The van der Waals surface area contributed by atoms with Crippen molar-refractivity contribution >= 4 is 17.1 Å². The van der Waals surface area contributed by atoms with Crippen LogP contribution in [0.3, 0.4) is 0 Å². The van der Waals surface area contributed by atoms with Crippen molar-refractivity contribution in [3.63, 3.8) is 0 Å². The average molecular weight is 304 g/mol. The standard InChI is InChI=1S/C12H5F5N2O2/c13-7-8(14)10(16)12(11(17)9(7)15)18-5-3-1-2-4-6(5)19(20)21/h1-4,18H. The lowest BCUT2D eigenvalue weighted by molar-refractivity contribution is -0.383. The molecule has 0 saturated heterocycles. The van der Waals surface area contributed by atoms with Crippen molar-refractivity contribution < 1.29 is 26.9 Å². The Morgan fingerprint density at radius 3 is 1.86 bits per heavy atom. The molecule has 0 heterocycles. The van der Waals surface area contributed by atoms with Gasteiger partial charge in [-0.2, -0.15) is 0 Å². The number of benzene rings is 2. The average Bonchev–Trinajstić information content (AvgIpc) is 2.48. The van der Waals surface area contributed by atoms with Crippen molar-refractivity contribution in [2.24, 2.45) is 0 Å². The van der Waals surface area contributed by atoms with Crippen molar-refractivity contribution in [3.8, 4) is 0 Å². The van der Waals surface area contributed by atoms with E-state index in [-0.39, 0.29) is 0 Å². The lowest BCUT2D eigenvalue weighted by atomic mass is 10.2. The van der Waals surface area contributed by atoms with Crippen molar-refractivity contribution in [1.82, 2.24) is 0 Å². The molecule has 0 fully saturated rings. The molecule has 9 heteroatoms. The minimum absolute atomic E-state index is 0.411. The maximum Gasteiger partial charge on any atom is 0.292 e. The summed E-state index contributed by atoms with van der Waals surface area (Å²) >= 11 is 0. The molecule has 0 atom stereocenters. The van der Waals surface area contributed by atoms with E-state index in [9.17, 15) is 32.1 Å². The minimum atomic E-state index is -2.31. The number of para-hydroxylation sites is 2. The van der Waals surface area contributed by atoms with Crippen LogP contribution >= 0.6 is 0 Å². The van der Waals surface area contributed by atoms with E-state index in [1.54, 1.807) is 0 Å². The van der Waals surface area contributed by atoms with Crippen LogP contribution in [-0.2, 0) is 0 Å². The minimum Gasteiger partial charge on any atom is -0.345 e. The Bertz CT molecular complexity index is 707. The highest BCUT2D eigenvalue weighted by Gasteiger charge is 2.27. The summed E-state index contributed by atoms with van der Waals surface area (Å²) in [7, 11) is 0. The summed E-state index contributed by atoms with van der Waals surface area (Å²) in [6.07, 6.45) is 0. The second kappa shape index (κ2) is 5.35. The molecule has 110 valence electrons. The molecule has 0 bridgehead atoms. The number of hydrogen-bond donors (Lipinski definition) is 1. The zero-order chi connectivity index (χ0) is 15.7. The summed E-state index contributed by atoms with van der Waals surface area (Å²) in [5, 5.41) is 12.6. The summed E-state index contributed by atoms with van der Waals surface area (Å²) in [5.74, 6) is -10.8. The Morgan fingerprint density at radius 1 is 0.857 bits per heavy atom. The predicted molar refractivity (Wildman–Crippen MR) is 62.6 cm³/mol. The van der Waals surface area contributed by atoms with E-state index in [2.05, 4.69) is 0 Å². The molecule has 0 aromatic heterocycles. The molecule has 2 aromatic rings. The van der Waals surface area contributed by atoms with Gasteiger partial charge >= 0.3 is 0 Å². The lowest BCUT2D eigenvalue weighted by Gasteiger charge is -2.10. The molecule has 4 nitrogen and oxygen atoms in total. The van der Waals surface area contributed by atoms with E-state index in [0.717, 1.165) is 12.1 Å². The number of nitrogens with one attached hydrogen (secondary N) is 1. The fourth-order valence-corrected chi connectivity index (χ4v) is 1.59. The number of nitro benzene ring substituents is 1. The summed E-state index contributed by atoms with van der Waals surface area (Å²) in [5.41, 5.74) is -2.35. The molecule has 21 heavy (non-hydrogen) atoms. The van der Waals surface area contributed by atoms with Crippen LogP contribution in [0, 0.1) is 39.2 Å². The highest BCUT2D eigenvalue weighted by atomic mass is 19.2. The zero-order valence-electron chi connectivity index (χ0n) is 9.96. The molecule has 0 unspecified atom stereocenters. The second-order valence-corrected chi connectivity index (χ2v) is 3.84. The van der Waals surface area contributed by atoms with Gasteiger partial charge in [0.1, 0.15) is 11.4 Å². The summed E-state index contributed by atoms with van der Waals surface area (Å²) in [4.78, 5) is 9.87. The first kappa shape index (κ1) is 14.7. The highest BCUT2D eigenvalue weighted by Crippen LogP contribution is 2.32. The first-order chi connectivity index (χ1) is 9.84. The topological polar surface area (TPSA) is 55.2 Å². The van der Waals surface area contributed by atoms with Crippen LogP contribution in [0.25, 0.3) is 0 Å². The van der Waals surface area contributed by atoms with E-state index in [1.165, 1.54) is 12.1 Å². The molecular formula is C12H5F5N2O2. The van der Waals surface area contributed by atoms with Gasteiger partial charge in [-0.15, -0.1) is 0 Å². The largest absolute Gasteiger partial charge is 0.345 e. The van der Waals surface area contributed by atoms with Crippen LogP contribution in [-0.4, -0.2) is 4.92 Å². The molecule has 2 rings (SSSR count). The SMILES string of the molecule is O=[N+]([O-])c1ccccc1Nc1c(F)c(F)c(F)c(F)c1F. The third-order valence-electron chi connectivity index (χ3n) is 2.57. The molecule has 2 aromatic carbocycles. The Balaban J connectivity index is 2.58. The Hall–Kier alpha value is -2.71. The maximum absolute atomic E-state index is 13.5. The highest BCUT2D eigenvalue weighted by molar-refractivity contribution is 5.70. The third-order valence-corrected chi connectivity index (χ3v) is 2.57. The van der Waals surface area contributed by atoms with Gasteiger partial charge in [0.15, 0.2) is 23.3 Å². The van der Waals surface area contributed by atoms with E-state index in [4.69, 9.17) is 0 Å². The van der Waals surface area contributed by atoms with Crippen LogP contribution in [0.15, 0.2) is 24.3 Å². The third kappa shape index (κ3) is 2.49. The van der Waals surface area contributed by atoms with Crippen LogP contribution < -0.4 is 5.32 Å². The van der Waals surface area contributed by atoms with Crippen LogP contribution in [0.2, 0.25) is 0 Å². The number of halogens is 5. The van der Waals surface area contributed by atoms with Gasteiger partial charge in [0.05, 0.1) is 4.92 Å². The van der Waals surface area contributed by atoms with Crippen LogP contribution in [0.5, 0.6) is 0 Å². The van der Waals surface area contributed by atoms with E-state index >= 15 is 0 Å². The smallest absolute Gasteiger partial charge is 0.292 e. The normalized spacial score (nSPS) is 10.5. The lowest BCUT2D eigenvalue weighted by Crippen LogP contribution is -2.07. The number of anilines is 2. The number of hydrogen-bond acceptors (Lipinski definition) is 3. The number of rotatable bonds is 3. The van der Waals surface area contributed by atoms with Gasteiger partial charge < -0.3 is 5.32 Å². The second-order valence-electron chi connectivity index (χ2n) is 3.84. The Labute approximate surface area is 114 Å². The van der Waals surface area contributed by atoms with Gasteiger partial charge in [0.2, 0.25) is 5.82 Å². The molecule has 0 radical (unpaired) electrons. The van der Waals surface area contributed by atoms with Crippen molar-refractivity contribution in [2.75, 3.05) is 5.32 Å². The number of nitro groups is 1. The van der Waals surface area contributed by atoms with E-state index in [1.807, 2.05) is 5.32 Å². The molecule has 0 saturated carbocycles. The van der Waals surface area contributed by atoms with E-state index in [0.29, 0.717) is 0 Å². The van der Waals surface area contributed by atoms with Crippen molar-refractivity contribution in [2.45, 2.75) is 0 Å². The van der Waals surface area contributed by atoms with Gasteiger partial charge in [-0.25, -0.2) is 22.0 Å². The molecule has 1 N–H and O–H groups in total. The molecule has 0 spiro atoms. The van der Waals surface area contributed by atoms with Crippen LogP contribution in [0.1, 0.15) is 0 Å². The van der Waals surface area contributed by atoms with Crippen molar-refractivity contribution in [3.05, 3.63) is 63.5 Å². The van der Waals surface area contributed by atoms with Gasteiger partial charge in [-0.05, 0) is 6.07 Å². The van der Waals surface area contributed by atoms with Crippen molar-refractivity contribution in [1.29, 1.82) is 0 Å². The fourth-order valence-electron chi connectivity index (χ4n) is 1.59. The fraction of sp³-hybridized carbons (Fsp3) is 0. The monoisotopic (exact) mass is 304 g/mol. The summed E-state index contributed by atoms with van der Waals surface area (Å²) in [6, 6.07) is 4.65. The Kier molecular flexibility index (Phi) is 3.74. The Morgan fingerprint density at radius 2 is 1.33 bits per heavy atom. The molecule has 0 aliphatic carbocycles. The molecular weight excluding hydrogens is 299 g/mol. The quantitative estimate of drug-likeness (QED) is 0.306. The van der Waals surface area contributed by atoms with Gasteiger partial charge in [-0.3, -0.25) is 10.1 Å². The van der Waals surface area contributed by atoms with Gasteiger partial charge in [0.25, 0.3) is 5.69 Å². The first-order valence-corrected chi connectivity index (χ1v) is 5.36.